The van der Waals surface area contributed by atoms with E-state index in [1.165, 1.54) is 0 Å². The van der Waals surface area contributed by atoms with Crippen molar-refractivity contribution in [3.05, 3.63) is 90.0 Å². The second-order valence-corrected chi connectivity index (χ2v) is 12.9. The fraction of sp³-hybridized carbons (Fsp3) is 0.400. The highest BCUT2D eigenvalue weighted by atomic mass is 16.5. The van der Waals surface area contributed by atoms with Crippen LogP contribution in [0.25, 0.3) is 0 Å². The van der Waals surface area contributed by atoms with Crippen molar-refractivity contribution >= 4 is 29.2 Å². The van der Waals surface area contributed by atoms with Crippen molar-refractivity contribution in [1.82, 2.24) is 10.2 Å². The molecule has 0 radical (unpaired) electrons. The van der Waals surface area contributed by atoms with Crippen LogP contribution in [0.15, 0.2) is 78.9 Å². The molecule has 0 spiro atoms. The first-order chi connectivity index (χ1) is 20.2. The second kappa shape index (κ2) is 13.8. The van der Waals surface area contributed by atoms with Crippen LogP contribution in [0.1, 0.15) is 77.2 Å². The second-order valence-electron chi connectivity index (χ2n) is 12.9. The van der Waals surface area contributed by atoms with Crippen molar-refractivity contribution in [2.75, 3.05) is 17.7 Å². The number of hydrogen-bond donors (Lipinski definition) is 3. The molecule has 230 valence electrons. The molecule has 3 aromatic rings. The summed E-state index contributed by atoms with van der Waals surface area (Å²) in [6, 6.07) is 22.9. The van der Waals surface area contributed by atoms with Crippen molar-refractivity contribution in [3.8, 4) is 5.75 Å². The predicted molar refractivity (Wildman–Crippen MR) is 173 cm³/mol. The third-order valence-electron chi connectivity index (χ3n) is 7.38. The lowest BCUT2D eigenvalue weighted by Crippen LogP contribution is -2.62. The van der Waals surface area contributed by atoms with Gasteiger partial charge in [0.15, 0.2) is 0 Å². The summed E-state index contributed by atoms with van der Waals surface area (Å²) >= 11 is 0. The third-order valence-corrected chi connectivity index (χ3v) is 7.38. The lowest BCUT2D eigenvalue weighted by Gasteiger charge is -2.43. The molecule has 0 bridgehead atoms. The molecule has 0 aliphatic heterocycles. The Labute approximate surface area is 256 Å². The molecule has 0 fully saturated rings. The number of para-hydroxylation sites is 1. The number of nitrogens with zero attached hydrogens (tertiary/aromatic N) is 1. The molecule has 0 aromatic heterocycles. The average molecular weight is 587 g/mol. The number of rotatable bonds is 11. The van der Waals surface area contributed by atoms with Crippen LogP contribution in [-0.4, -0.2) is 40.9 Å². The number of anilines is 2. The Kier molecular flexibility index (Phi) is 10.6. The highest BCUT2D eigenvalue weighted by molar-refractivity contribution is 6.07. The van der Waals surface area contributed by atoms with Crippen LogP contribution >= 0.6 is 0 Å². The molecule has 3 rings (SSSR count). The highest BCUT2D eigenvalue weighted by Crippen LogP contribution is 2.31. The smallest absolute Gasteiger partial charge is 0.323 e. The number of urea groups is 1. The first kappa shape index (κ1) is 33.2. The van der Waals surface area contributed by atoms with Crippen LogP contribution in [0.4, 0.5) is 16.2 Å². The monoisotopic (exact) mass is 586 g/mol. The Morgan fingerprint density at radius 3 is 1.98 bits per heavy atom. The van der Waals surface area contributed by atoms with Gasteiger partial charge in [-0.1, -0.05) is 70.2 Å². The van der Waals surface area contributed by atoms with Crippen LogP contribution in [-0.2, 0) is 11.3 Å². The van der Waals surface area contributed by atoms with Crippen molar-refractivity contribution in [2.45, 2.75) is 78.9 Å². The standard InChI is InChI=1S/C35H46N4O4/c1-9-35(7,31(41)38-34(5,6)24-33(2,3)4)39(23-25-15-11-10-12-16-25)30(40)28-17-13-14-18-29(28)37-32(42)36-26-19-21-27(43-8)22-20-26/h10-22H,9,23-24H2,1-8H3,(H,38,41)(H2,36,37,42). The van der Waals surface area contributed by atoms with Gasteiger partial charge in [0.1, 0.15) is 11.3 Å². The summed E-state index contributed by atoms with van der Waals surface area (Å²) in [4.78, 5) is 43.1. The van der Waals surface area contributed by atoms with E-state index in [0.717, 1.165) is 12.0 Å². The molecule has 1 unspecified atom stereocenters. The largest absolute Gasteiger partial charge is 0.497 e. The molecular weight excluding hydrogens is 540 g/mol. The summed E-state index contributed by atoms with van der Waals surface area (Å²) in [5.74, 6) is 0.0822. The van der Waals surface area contributed by atoms with Crippen LogP contribution in [0.2, 0.25) is 0 Å². The summed E-state index contributed by atoms with van der Waals surface area (Å²) in [7, 11) is 1.57. The van der Waals surface area contributed by atoms with E-state index in [2.05, 4.69) is 36.7 Å². The van der Waals surface area contributed by atoms with E-state index in [1.807, 2.05) is 58.0 Å². The molecule has 43 heavy (non-hydrogen) atoms. The SMILES string of the molecule is CCC(C)(C(=O)NC(C)(C)CC(C)(C)C)N(Cc1ccccc1)C(=O)c1ccccc1NC(=O)Nc1ccc(OC)cc1. The molecule has 1 atom stereocenters. The van der Waals surface area contributed by atoms with Gasteiger partial charge < -0.3 is 25.6 Å². The van der Waals surface area contributed by atoms with Gasteiger partial charge in [-0.2, -0.15) is 0 Å². The molecule has 0 aliphatic carbocycles. The van der Waals surface area contributed by atoms with Crippen molar-refractivity contribution in [2.24, 2.45) is 5.41 Å². The average Bonchev–Trinajstić information content (AvgIpc) is 2.94. The zero-order chi connectivity index (χ0) is 31.8. The van der Waals surface area contributed by atoms with E-state index in [4.69, 9.17) is 4.74 Å². The van der Waals surface area contributed by atoms with E-state index in [9.17, 15) is 14.4 Å². The van der Waals surface area contributed by atoms with Crippen molar-refractivity contribution in [1.29, 1.82) is 0 Å². The summed E-state index contributed by atoms with van der Waals surface area (Å²) in [6.07, 6.45) is 1.14. The van der Waals surface area contributed by atoms with E-state index in [-0.39, 0.29) is 29.3 Å². The quantitative estimate of drug-likeness (QED) is 0.217. The maximum Gasteiger partial charge on any atom is 0.323 e. The maximum atomic E-state index is 14.4. The summed E-state index contributed by atoms with van der Waals surface area (Å²) in [5, 5.41) is 8.84. The van der Waals surface area contributed by atoms with Crippen molar-refractivity contribution in [3.63, 3.8) is 0 Å². The number of nitrogens with one attached hydrogen (secondary N) is 3. The number of carbonyl (C=O) groups is 3. The first-order valence-corrected chi connectivity index (χ1v) is 14.7. The molecule has 0 aliphatic rings. The molecule has 0 saturated heterocycles. The minimum atomic E-state index is -1.18. The molecular formula is C35H46N4O4. The maximum absolute atomic E-state index is 14.4. The minimum Gasteiger partial charge on any atom is -0.497 e. The van der Waals surface area contributed by atoms with Gasteiger partial charge in [-0.15, -0.1) is 0 Å². The fourth-order valence-corrected chi connectivity index (χ4v) is 5.41. The lowest BCUT2D eigenvalue weighted by molar-refractivity contribution is -0.133. The normalized spacial score (nSPS) is 12.9. The topological polar surface area (TPSA) is 99.8 Å². The van der Waals surface area contributed by atoms with Gasteiger partial charge in [-0.05, 0) is 81.0 Å². The summed E-state index contributed by atoms with van der Waals surface area (Å²) in [6.45, 7) is 14.4. The van der Waals surface area contributed by atoms with Crippen molar-refractivity contribution < 1.29 is 19.1 Å². The number of ether oxygens (including phenoxy) is 1. The van der Waals surface area contributed by atoms with Gasteiger partial charge in [-0.25, -0.2) is 4.79 Å². The van der Waals surface area contributed by atoms with Crippen LogP contribution in [0.3, 0.4) is 0 Å². The number of hydrogen-bond acceptors (Lipinski definition) is 4. The Morgan fingerprint density at radius 2 is 1.40 bits per heavy atom. The summed E-state index contributed by atoms with van der Waals surface area (Å²) in [5.41, 5.74) is 0.400. The van der Waals surface area contributed by atoms with Gasteiger partial charge in [0.05, 0.1) is 18.4 Å². The summed E-state index contributed by atoms with van der Waals surface area (Å²) < 4.78 is 5.18. The first-order valence-electron chi connectivity index (χ1n) is 14.7. The number of benzene rings is 3. The van der Waals surface area contributed by atoms with E-state index >= 15 is 0 Å². The predicted octanol–water partition coefficient (Wildman–Crippen LogP) is 7.48. The Morgan fingerprint density at radius 1 is 0.791 bits per heavy atom. The lowest BCUT2D eigenvalue weighted by atomic mass is 9.81. The molecule has 0 heterocycles. The number of carbonyl (C=O) groups excluding carboxylic acids is 3. The van der Waals surface area contributed by atoms with Gasteiger partial charge in [0.2, 0.25) is 5.91 Å². The number of amides is 4. The zero-order valence-corrected chi connectivity index (χ0v) is 26.7. The fourth-order valence-electron chi connectivity index (χ4n) is 5.41. The van der Waals surface area contributed by atoms with Gasteiger partial charge in [0.25, 0.3) is 5.91 Å². The van der Waals surface area contributed by atoms with Crippen LogP contribution in [0.5, 0.6) is 5.75 Å². The third kappa shape index (κ3) is 9.08. The van der Waals surface area contributed by atoms with E-state index < -0.39 is 17.1 Å². The van der Waals surface area contributed by atoms with Crippen LogP contribution < -0.4 is 20.7 Å². The molecule has 3 N–H and O–H groups in total. The Hall–Kier alpha value is -4.33. The Bertz CT molecular complexity index is 1400. The Balaban J connectivity index is 1.95. The molecule has 0 saturated carbocycles. The van der Waals surface area contributed by atoms with Gasteiger partial charge in [-0.3, -0.25) is 9.59 Å². The van der Waals surface area contributed by atoms with Gasteiger partial charge >= 0.3 is 6.03 Å². The van der Waals surface area contributed by atoms with Crippen LogP contribution in [0, 0.1) is 5.41 Å². The molecule has 3 aromatic carbocycles. The molecule has 4 amide bonds. The number of methoxy groups -OCH3 is 1. The van der Waals surface area contributed by atoms with E-state index in [0.29, 0.717) is 23.5 Å². The van der Waals surface area contributed by atoms with Gasteiger partial charge in [0, 0.05) is 17.8 Å². The zero-order valence-electron chi connectivity index (χ0n) is 26.7. The molecule has 8 heteroatoms. The minimum absolute atomic E-state index is 0.00403. The highest BCUT2D eigenvalue weighted by Gasteiger charge is 2.43. The molecule has 8 nitrogen and oxygen atoms in total. The van der Waals surface area contributed by atoms with E-state index in [1.54, 1.807) is 60.5 Å².